The van der Waals surface area contributed by atoms with Crippen LogP contribution in [0, 0.1) is 0 Å². The second-order valence-corrected chi connectivity index (χ2v) is 5.50. The molecule has 3 rings (SSSR count). The summed E-state index contributed by atoms with van der Waals surface area (Å²) in [6, 6.07) is 8.16. The molecule has 0 atom stereocenters. The number of hydrogen-bond donors (Lipinski definition) is 2. The number of rotatable bonds is 5. The van der Waals surface area contributed by atoms with Crippen molar-refractivity contribution in [2.24, 2.45) is 0 Å². The Morgan fingerprint density at radius 3 is 2.54 bits per heavy atom. The highest BCUT2D eigenvalue weighted by atomic mass is 16.5. The first-order valence-corrected chi connectivity index (χ1v) is 7.79. The number of phenolic OH excluding ortho intramolecular Hbond substituents is 2. The summed E-state index contributed by atoms with van der Waals surface area (Å²) >= 11 is 0. The van der Waals surface area contributed by atoms with Crippen LogP contribution >= 0.6 is 0 Å². The van der Waals surface area contributed by atoms with Crippen LogP contribution in [0.4, 0.5) is 0 Å². The van der Waals surface area contributed by atoms with Crippen LogP contribution in [-0.4, -0.2) is 35.2 Å². The van der Waals surface area contributed by atoms with Crippen LogP contribution in [0.3, 0.4) is 0 Å². The molecule has 1 heterocycles. The van der Waals surface area contributed by atoms with Crippen molar-refractivity contribution in [3.05, 3.63) is 59.9 Å². The molecule has 0 unspecified atom stereocenters. The second-order valence-electron chi connectivity index (χ2n) is 5.50. The summed E-state index contributed by atoms with van der Waals surface area (Å²) in [5, 5.41) is 21.2. The molecule has 26 heavy (non-hydrogen) atoms. The number of ether oxygens (including phenoxy) is 2. The lowest BCUT2D eigenvalue weighted by molar-refractivity contribution is 0.104. The number of carbonyl (C=O) groups is 1. The van der Waals surface area contributed by atoms with E-state index in [4.69, 9.17) is 9.47 Å². The molecule has 0 bridgehead atoms. The standard InChI is InChI=1S/C20H17NO5/c1-25-19-14-8-9-21-11-15(14)20(26-2)18(24)17(19)16(23)7-6-12-4-3-5-13(22)10-12/h3-11,22,24H,1-2H3/b7-6+. The molecule has 0 fully saturated rings. The lowest BCUT2D eigenvalue weighted by atomic mass is 10.0. The van der Waals surface area contributed by atoms with E-state index in [2.05, 4.69) is 4.98 Å². The fourth-order valence-electron chi connectivity index (χ4n) is 2.79. The van der Waals surface area contributed by atoms with Crippen molar-refractivity contribution in [2.45, 2.75) is 0 Å². The number of hydrogen-bond acceptors (Lipinski definition) is 6. The number of benzene rings is 2. The van der Waals surface area contributed by atoms with Crippen molar-refractivity contribution >= 4 is 22.6 Å². The number of pyridine rings is 1. The third-order valence-electron chi connectivity index (χ3n) is 3.94. The molecular formula is C20H17NO5. The minimum atomic E-state index is -0.459. The van der Waals surface area contributed by atoms with Gasteiger partial charge in [-0.2, -0.15) is 0 Å². The fourth-order valence-corrected chi connectivity index (χ4v) is 2.79. The Labute approximate surface area is 150 Å². The highest BCUT2D eigenvalue weighted by molar-refractivity contribution is 6.15. The predicted molar refractivity (Wildman–Crippen MR) is 98.0 cm³/mol. The molecule has 2 aromatic carbocycles. The highest BCUT2D eigenvalue weighted by Gasteiger charge is 2.24. The minimum Gasteiger partial charge on any atom is -0.508 e. The van der Waals surface area contributed by atoms with Gasteiger partial charge in [0.25, 0.3) is 0 Å². The lowest BCUT2D eigenvalue weighted by Gasteiger charge is -2.15. The van der Waals surface area contributed by atoms with Crippen molar-refractivity contribution in [3.8, 4) is 23.0 Å². The average Bonchev–Trinajstić information content (AvgIpc) is 2.65. The smallest absolute Gasteiger partial charge is 0.193 e. The number of aromatic hydroxyl groups is 2. The van der Waals surface area contributed by atoms with Crippen molar-refractivity contribution in [3.63, 3.8) is 0 Å². The van der Waals surface area contributed by atoms with Crippen LogP contribution in [0.5, 0.6) is 23.0 Å². The number of methoxy groups -OCH3 is 2. The summed E-state index contributed by atoms with van der Waals surface area (Å²) in [4.78, 5) is 16.8. The zero-order chi connectivity index (χ0) is 18.7. The van der Waals surface area contributed by atoms with Crippen LogP contribution in [0.25, 0.3) is 16.8 Å². The van der Waals surface area contributed by atoms with Gasteiger partial charge in [0.2, 0.25) is 0 Å². The van der Waals surface area contributed by atoms with E-state index < -0.39 is 5.78 Å². The quantitative estimate of drug-likeness (QED) is 0.540. The first-order valence-electron chi connectivity index (χ1n) is 7.79. The van der Waals surface area contributed by atoms with E-state index in [1.807, 2.05) is 0 Å². The van der Waals surface area contributed by atoms with Crippen LogP contribution in [0.1, 0.15) is 15.9 Å². The van der Waals surface area contributed by atoms with Gasteiger partial charge >= 0.3 is 0 Å². The minimum absolute atomic E-state index is 0.000506. The van der Waals surface area contributed by atoms with Gasteiger partial charge in [0, 0.05) is 23.2 Å². The molecule has 0 aliphatic rings. The molecular weight excluding hydrogens is 334 g/mol. The Morgan fingerprint density at radius 2 is 1.85 bits per heavy atom. The second kappa shape index (κ2) is 7.14. The number of carbonyl (C=O) groups excluding carboxylic acids is 1. The molecule has 0 saturated heterocycles. The Bertz CT molecular complexity index is 1010. The van der Waals surface area contributed by atoms with Gasteiger partial charge < -0.3 is 19.7 Å². The Balaban J connectivity index is 2.14. The van der Waals surface area contributed by atoms with E-state index in [1.54, 1.807) is 30.5 Å². The molecule has 0 aliphatic heterocycles. The van der Waals surface area contributed by atoms with Gasteiger partial charge in [0.1, 0.15) is 17.1 Å². The van der Waals surface area contributed by atoms with E-state index in [1.165, 1.54) is 38.6 Å². The predicted octanol–water partition coefficient (Wildman–Crippen LogP) is 3.56. The molecule has 132 valence electrons. The van der Waals surface area contributed by atoms with Crippen LogP contribution in [0.15, 0.2) is 48.8 Å². The van der Waals surface area contributed by atoms with E-state index in [9.17, 15) is 15.0 Å². The van der Waals surface area contributed by atoms with Gasteiger partial charge in [-0.05, 0) is 29.8 Å². The third-order valence-corrected chi connectivity index (χ3v) is 3.94. The van der Waals surface area contributed by atoms with Gasteiger partial charge in [-0.1, -0.05) is 18.2 Å². The topological polar surface area (TPSA) is 88.9 Å². The summed E-state index contributed by atoms with van der Waals surface area (Å²) in [6.07, 6.45) is 5.95. The first-order chi connectivity index (χ1) is 12.6. The first kappa shape index (κ1) is 17.3. The number of nitrogens with zero attached hydrogens (tertiary/aromatic N) is 1. The van der Waals surface area contributed by atoms with Crippen molar-refractivity contribution in [2.75, 3.05) is 14.2 Å². The Kier molecular flexibility index (Phi) is 4.75. The number of fused-ring (bicyclic) bond motifs is 1. The maximum atomic E-state index is 12.8. The molecule has 0 spiro atoms. The van der Waals surface area contributed by atoms with Gasteiger partial charge in [0.05, 0.1) is 14.2 Å². The maximum absolute atomic E-state index is 12.8. The largest absolute Gasteiger partial charge is 0.508 e. The molecule has 0 radical (unpaired) electrons. The van der Waals surface area contributed by atoms with E-state index in [0.29, 0.717) is 16.3 Å². The molecule has 0 saturated carbocycles. The number of aromatic nitrogens is 1. The van der Waals surface area contributed by atoms with Gasteiger partial charge in [-0.25, -0.2) is 0 Å². The molecule has 6 heteroatoms. The summed E-state index contributed by atoms with van der Waals surface area (Å²) in [5.74, 6) is -0.274. The Hall–Kier alpha value is -3.54. The normalized spacial score (nSPS) is 11.0. The third kappa shape index (κ3) is 3.04. The number of phenols is 2. The van der Waals surface area contributed by atoms with Crippen molar-refractivity contribution in [1.29, 1.82) is 0 Å². The summed E-state index contributed by atoms with van der Waals surface area (Å²) < 4.78 is 10.7. The average molecular weight is 351 g/mol. The summed E-state index contributed by atoms with van der Waals surface area (Å²) in [5.41, 5.74) is 0.646. The van der Waals surface area contributed by atoms with E-state index in [-0.39, 0.29) is 28.6 Å². The SMILES string of the molecule is COc1c(O)c(C(=O)/C=C/c2cccc(O)c2)c(OC)c2ccncc12. The molecule has 6 nitrogen and oxygen atoms in total. The van der Waals surface area contributed by atoms with Crippen LogP contribution in [-0.2, 0) is 0 Å². The number of allylic oxidation sites excluding steroid dienone is 1. The van der Waals surface area contributed by atoms with E-state index in [0.717, 1.165) is 0 Å². The lowest BCUT2D eigenvalue weighted by Crippen LogP contribution is -2.03. The van der Waals surface area contributed by atoms with Gasteiger partial charge in [-0.15, -0.1) is 0 Å². The maximum Gasteiger partial charge on any atom is 0.193 e. The zero-order valence-corrected chi connectivity index (χ0v) is 14.3. The van der Waals surface area contributed by atoms with Crippen molar-refractivity contribution in [1.82, 2.24) is 4.98 Å². The number of ketones is 1. The zero-order valence-electron chi connectivity index (χ0n) is 14.3. The summed E-state index contributed by atoms with van der Waals surface area (Å²) in [6.45, 7) is 0. The molecule has 2 N–H and O–H groups in total. The molecule has 0 amide bonds. The van der Waals surface area contributed by atoms with Crippen LogP contribution < -0.4 is 9.47 Å². The fraction of sp³-hybridized carbons (Fsp3) is 0.100. The molecule has 1 aromatic heterocycles. The van der Waals surface area contributed by atoms with Gasteiger partial charge in [0.15, 0.2) is 17.3 Å². The monoisotopic (exact) mass is 351 g/mol. The van der Waals surface area contributed by atoms with Crippen molar-refractivity contribution < 1.29 is 24.5 Å². The van der Waals surface area contributed by atoms with Gasteiger partial charge in [-0.3, -0.25) is 9.78 Å². The highest BCUT2D eigenvalue weighted by Crippen LogP contribution is 2.45. The molecule has 0 aliphatic carbocycles. The van der Waals surface area contributed by atoms with Crippen LogP contribution in [0.2, 0.25) is 0 Å². The van der Waals surface area contributed by atoms with E-state index >= 15 is 0 Å². The Morgan fingerprint density at radius 1 is 1.08 bits per heavy atom. The molecule has 3 aromatic rings. The summed E-state index contributed by atoms with van der Waals surface area (Å²) in [7, 11) is 2.83.